The highest BCUT2D eigenvalue weighted by Gasteiger charge is 2.38. The molecule has 0 radical (unpaired) electrons. The second kappa shape index (κ2) is 6.40. The lowest BCUT2D eigenvalue weighted by Gasteiger charge is -2.12. The minimum atomic E-state index is -5.08. The summed E-state index contributed by atoms with van der Waals surface area (Å²) >= 11 is 0. The zero-order valence-electron chi connectivity index (χ0n) is 8.82. The van der Waals surface area contributed by atoms with Crippen molar-refractivity contribution in [3.8, 4) is 0 Å². The van der Waals surface area contributed by atoms with Crippen LogP contribution < -0.4 is 5.32 Å². The molecule has 0 aliphatic carbocycles. The molecule has 2 atom stereocenters. The molecule has 0 unspecified atom stereocenters. The molecule has 0 spiro atoms. The van der Waals surface area contributed by atoms with E-state index in [4.69, 9.17) is 19.7 Å². The zero-order valence-corrected chi connectivity index (χ0v) is 8.82. The van der Waals surface area contributed by atoms with E-state index in [1.807, 2.05) is 0 Å². The first kappa shape index (κ1) is 15.7. The lowest BCUT2D eigenvalue weighted by atomic mass is 10.2. The first-order valence-electron chi connectivity index (χ1n) is 4.49. The molecule has 0 aromatic carbocycles. The van der Waals surface area contributed by atoms with Crippen molar-refractivity contribution in [3.05, 3.63) is 0 Å². The van der Waals surface area contributed by atoms with E-state index in [9.17, 15) is 18.0 Å². The quantitative estimate of drug-likeness (QED) is 0.650. The van der Waals surface area contributed by atoms with Gasteiger partial charge in [-0.25, -0.2) is 4.79 Å². The third kappa shape index (κ3) is 5.50. The fraction of sp³-hybridized carbons (Fsp3) is 0.750. The first-order valence-corrected chi connectivity index (χ1v) is 4.49. The van der Waals surface area contributed by atoms with Gasteiger partial charge in [0.05, 0.1) is 6.10 Å². The zero-order chi connectivity index (χ0) is 13.6. The monoisotopic (exact) mass is 259 g/mol. The molecule has 3 N–H and O–H groups in total. The summed E-state index contributed by atoms with van der Waals surface area (Å²) in [6.45, 7) is 0.732. The molecule has 1 fully saturated rings. The third-order valence-electron chi connectivity index (χ3n) is 1.98. The van der Waals surface area contributed by atoms with E-state index in [2.05, 4.69) is 5.32 Å². The predicted octanol–water partition coefficient (Wildman–Crippen LogP) is 0.0812. The topological polar surface area (TPSA) is 95.9 Å². The van der Waals surface area contributed by atoms with Crippen molar-refractivity contribution in [2.45, 2.75) is 24.7 Å². The number of hydrogen-bond donors (Lipinski definition) is 3. The van der Waals surface area contributed by atoms with Gasteiger partial charge in [0.2, 0.25) is 0 Å². The molecule has 1 heterocycles. The first-order chi connectivity index (χ1) is 7.70. The maximum absolute atomic E-state index is 10.6. The smallest absolute Gasteiger partial charge is 0.480 e. The highest BCUT2D eigenvalue weighted by Crippen LogP contribution is 2.13. The Kier molecular flexibility index (Phi) is 5.89. The van der Waals surface area contributed by atoms with Crippen LogP contribution >= 0.6 is 0 Å². The van der Waals surface area contributed by atoms with E-state index < -0.39 is 24.2 Å². The highest BCUT2D eigenvalue weighted by atomic mass is 19.4. The van der Waals surface area contributed by atoms with Crippen molar-refractivity contribution in [1.82, 2.24) is 5.32 Å². The van der Waals surface area contributed by atoms with Crippen LogP contribution in [-0.4, -0.2) is 54.1 Å². The Labute approximate surface area is 94.4 Å². The molecule has 17 heavy (non-hydrogen) atoms. The van der Waals surface area contributed by atoms with Crippen LogP contribution in [-0.2, 0) is 14.3 Å². The fourth-order valence-electron chi connectivity index (χ4n) is 1.18. The summed E-state index contributed by atoms with van der Waals surface area (Å²) < 4.78 is 36.7. The number of methoxy groups -OCH3 is 1. The highest BCUT2D eigenvalue weighted by molar-refractivity contribution is 5.74. The summed E-state index contributed by atoms with van der Waals surface area (Å²) in [6, 6.07) is -0.509. The normalized spacial score (nSPS) is 23.8. The van der Waals surface area contributed by atoms with Gasteiger partial charge in [0.1, 0.15) is 6.04 Å². The molecular formula is C8H12F3NO5. The largest absolute Gasteiger partial charge is 0.490 e. The van der Waals surface area contributed by atoms with E-state index >= 15 is 0 Å². The Bertz CT molecular complexity index is 281. The van der Waals surface area contributed by atoms with Gasteiger partial charge in [-0.3, -0.25) is 4.79 Å². The van der Waals surface area contributed by atoms with E-state index in [0.717, 1.165) is 13.0 Å². The standard InChI is InChI=1S/C6H11NO3.C2HF3O2/c1-10-4-2-3-7-5(4)6(8)9;3-2(4,5)1(6)7/h4-5,7H,2-3H2,1H3,(H,8,9);(H,6,7)/t4-,5+;/m1./s1. The van der Waals surface area contributed by atoms with Crippen LogP contribution in [0.3, 0.4) is 0 Å². The van der Waals surface area contributed by atoms with Crippen LogP contribution in [0.25, 0.3) is 0 Å². The fourth-order valence-corrected chi connectivity index (χ4v) is 1.18. The van der Waals surface area contributed by atoms with Gasteiger partial charge in [-0.05, 0) is 13.0 Å². The maximum atomic E-state index is 10.6. The average molecular weight is 259 g/mol. The SMILES string of the molecule is CO[C@@H]1CCN[C@@H]1C(=O)O.O=C(O)C(F)(F)F. The Morgan fingerprint density at radius 1 is 1.35 bits per heavy atom. The number of carboxylic acid groups (broad SMARTS) is 2. The van der Waals surface area contributed by atoms with Crippen molar-refractivity contribution in [1.29, 1.82) is 0 Å². The molecule has 1 aliphatic rings. The van der Waals surface area contributed by atoms with Crippen molar-refractivity contribution in [3.63, 3.8) is 0 Å². The summed E-state index contributed by atoms with van der Waals surface area (Å²) in [5.74, 6) is -3.59. The Morgan fingerprint density at radius 3 is 2.06 bits per heavy atom. The molecule has 6 nitrogen and oxygen atoms in total. The number of carboxylic acids is 2. The summed E-state index contributed by atoms with van der Waals surface area (Å²) in [6.07, 6.45) is -4.45. The molecular weight excluding hydrogens is 247 g/mol. The lowest BCUT2D eigenvalue weighted by Crippen LogP contribution is -2.39. The number of aliphatic carboxylic acids is 2. The molecule has 100 valence electrons. The van der Waals surface area contributed by atoms with E-state index in [1.54, 1.807) is 0 Å². The minimum absolute atomic E-state index is 0.155. The Balaban J connectivity index is 0.000000325. The van der Waals surface area contributed by atoms with Gasteiger partial charge >= 0.3 is 18.1 Å². The number of nitrogens with one attached hydrogen (secondary N) is 1. The maximum Gasteiger partial charge on any atom is 0.490 e. The van der Waals surface area contributed by atoms with E-state index in [-0.39, 0.29) is 6.10 Å². The average Bonchev–Trinajstić information content (AvgIpc) is 2.64. The third-order valence-corrected chi connectivity index (χ3v) is 1.98. The van der Waals surface area contributed by atoms with Crippen LogP contribution in [0.5, 0.6) is 0 Å². The molecule has 0 aromatic heterocycles. The van der Waals surface area contributed by atoms with Crippen molar-refractivity contribution < 1.29 is 37.7 Å². The van der Waals surface area contributed by atoms with Gasteiger partial charge in [0.25, 0.3) is 0 Å². The van der Waals surface area contributed by atoms with Gasteiger partial charge in [-0.2, -0.15) is 13.2 Å². The number of hydrogen-bond acceptors (Lipinski definition) is 4. The summed E-state index contributed by atoms with van der Waals surface area (Å²) in [5.41, 5.74) is 0. The second-order valence-corrected chi connectivity index (χ2v) is 3.14. The van der Waals surface area contributed by atoms with Gasteiger partial charge < -0.3 is 20.3 Å². The second-order valence-electron chi connectivity index (χ2n) is 3.14. The van der Waals surface area contributed by atoms with Crippen molar-refractivity contribution in [2.75, 3.05) is 13.7 Å². The molecule has 1 aliphatic heterocycles. The van der Waals surface area contributed by atoms with Gasteiger partial charge in [0, 0.05) is 7.11 Å². The van der Waals surface area contributed by atoms with Gasteiger partial charge in [0.15, 0.2) is 0 Å². The van der Waals surface area contributed by atoms with Crippen LogP contribution in [0.4, 0.5) is 13.2 Å². The van der Waals surface area contributed by atoms with E-state index in [0.29, 0.717) is 0 Å². The van der Waals surface area contributed by atoms with E-state index in [1.165, 1.54) is 7.11 Å². The lowest BCUT2D eigenvalue weighted by molar-refractivity contribution is -0.192. The molecule has 0 bridgehead atoms. The summed E-state index contributed by atoms with van der Waals surface area (Å²) in [7, 11) is 1.54. The Morgan fingerprint density at radius 2 is 1.82 bits per heavy atom. The molecule has 1 rings (SSSR count). The van der Waals surface area contributed by atoms with Crippen molar-refractivity contribution >= 4 is 11.9 Å². The van der Waals surface area contributed by atoms with Gasteiger partial charge in [-0.1, -0.05) is 0 Å². The molecule has 1 saturated heterocycles. The number of alkyl halides is 3. The minimum Gasteiger partial charge on any atom is -0.480 e. The molecule has 9 heteroatoms. The van der Waals surface area contributed by atoms with Gasteiger partial charge in [-0.15, -0.1) is 0 Å². The molecule has 0 amide bonds. The molecule has 0 aromatic rings. The number of ether oxygens (including phenoxy) is 1. The van der Waals surface area contributed by atoms with Crippen LogP contribution in [0.1, 0.15) is 6.42 Å². The predicted molar refractivity (Wildman–Crippen MR) is 48.5 cm³/mol. The van der Waals surface area contributed by atoms with Crippen molar-refractivity contribution in [2.24, 2.45) is 0 Å². The summed E-state index contributed by atoms with van der Waals surface area (Å²) in [4.78, 5) is 19.3. The number of carbonyl (C=O) groups is 2. The molecule has 0 saturated carbocycles. The van der Waals surface area contributed by atoms with Crippen LogP contribution in [0, 0.1) is 0 Å². The number of halogens is 3. The summed E-state index contributed by atoms with van der Waals surface area (Å²) in [5, 5.41) is 18.5. The van der Waals surface area contributed by atoms with Crippen LogP contribution in [0.15, 0.2) is 0 Å². The number of rotatable bonds is 2. The van der Waals surface area contributed by atoms with Crippen LogP contribution in [0.2, 0.25) is 0 Å². The Hall–Kier alpha value is -1.35.